The largest absolute Gasteiger partial charge is 0.304 e. The molecule has 13 heavy (non-hydrogen) atoms. The minimum absolute atomic E-state index is 0.223. The molecule has 0 amide bonds. The van der Waals surface area contributed by atoms with Gasteiger partial charge >= 0.3 is 0 Å². The van der Waals surface area contributed by atoms with E-state index in [1.165, 1.54) is 6.07 Å². The number of benzene rings is 1. The Morgan fingerprint density at radius 3 is 2.31 bits per heavy atom. The molecule has 0 aliphatic carbocycles. The maximum absolute atomic E-state index is 10.8. The van der Waals surface area contributed by atoms with Crippen LogP contribution in [0.15, 0.2) is 24.3 Å². The van der Waals surface area contributed by atoms with Crippen LogP contribution in [0.1, 0.15) is 5.56 Å². The zero-order chi connectivity index (χ0) is 10.1. The minimum atomic E-state index is -2.39. The van der Waals surface area contributed by atoms with E-state index in [0.29, 0.717) is 0 Å². The van der Waals surface area contributed by atoms with Gasteiger partial charge in [-0.3, -0.25) is 0 Å². The molecule has 72 valence electrons. The maximum Gasteiger partial charge on any atom is 0.243 e. The van der Waals surface area contributed by atoms with E-state index < -0.39 is 14.7 Å². The highest BCUT2D eigenvalue weighted by molar-refractivity contribution is 7.83. The predicted octanol–water partition coefficient (Wildman–Crippen LogP) is 3.15. The SMILES string of the molecule is O=S(O)C(Cl)(Cl)c1ccccc1Cl. The summed E-state index contributed by atoms with van der Waals surface area (Å²) in [5.74, 6) is 0. The van der Waals surface area contributed by atoms with Crippen LogP contribution in [0.25, 0.3) is 0 Å². The van der Waals surface area contributed by atoms with Crippen molar-refractivity contribution in [3.8, 4) is 0 Å². The van der Waals surface area contributed by atoms with Gasteiger partial charge in [0.15, 0.2) is 11.1 Å². The number of hydrogen-bond acceptors (Lipinski definition) is 1. The molecule has 0 aliphatic heterocycles. The van der Waals surface area contributed by atoms with E-state index in [0.717, 1.165) is 0 Å². The molecule has 0 fully saturated rings. The zero-order valence-corrected chi connectivity index (χ0v) is 9.29. The molecule has 1 unspecified atom stereocenters. The van der Waals surface area contributed by atoms with Gasteiger partial charge in [0, 0.05) is 10.6 Å². The molecule has 0 aliphatic rings. The van der Waals surface area contributed by atoms with E-state index >= 15 is 0 Å². The highest BCUT2D eigenvalue weighted by Crippen LogP contribution is 2.40. The van der Waals surface area contributed by atoms with Gasteiger partial charge in [0.2, 0.25) is 3.67 Å². The molecule has 1 rings (SSSR count). The van der Waals surface area contributed by atoms with E-state index in [2.05, 4.69) is 0 Å². The minimum Gasteiger partial charge on any atom is -0.304 e. The number of alkyl halides is 2. The summed E-state index contributed by atoms with van der Waals surface area (Å²) in [6.07, 6.45) is 0. The van der Waals surface area contributed by atoms with E-state index in [9.17, 15) is 4.21 Å². The quantitative estimate of drug-likeness (QED) is 0.654. The van der Waals surface area contributed by atoms with Gasteiger partial charge in [-0.15, -0.1) is 0 Å². The monoisotopic (exact) mass is 258 g/mol. The molecule has 0 aromatic heterocycles. The van der Waals surface area contributed by atoms with Crippen LogP contribution < -0.4 is 0 Å². The molecule has 2 nitrogen and oxygen atoms in total. The summed E-state index contributed by atoms with van der Waals surface area (Å²) in [7, 11) is 0. The van der Waals surface area contributed by atoms with Crippen LogP contribution in [0.5, 0.6) is 0 Å². The number of rotatable bonds is 2. The molecule has 0 spiro atoms. The lowest BCUT2D eigenvalue weighted by molar-refractivity contribution is 0.557. The normalized spacial score (nSPS) is 14.2. The highest BCUT2D eigenvalue weighted by Gasteiger charge is 2.35. The fourth-order valence-corrected chi connectivity index (χ4v) is 1.92. The van der Waals surface area contributed by atoms with Crippen molar-refractivity contribution in [1.82, 2.24) is 0 Å². The molecule has 0 saturated carbocycles. The Morgan fingerprint density at radius 1 is 1.31 bits per heavy atom. The summed E-state index contributed by atoms with van der Waals surface area (Å²) < 4.78 is 17.7. The third kappa shape index (κ3) is 2.36. The first-order chi connectivity index (χ1) is 5.96. The van der Waals surface area contributed by atoms with Crippen molar-refractivity contribution in [1.29, 1.82) is 0 Å². The van der Waals surface area contributed by atoms with E-state index in [1.54, 1.807) is 18.2 Å². The summed E-state index contributed by atoms with van der Waals surface area (Å²) in [6, 6.07) is 6.35. The topological polar surface area (TPSA) is 37.3 Å². The Labute approximate surface area is 93.1 Å². The molecule has 0 bridgehead atoms. The van der Waals surface area contributed by atoms with Gasteiger partial charge in [-0.1, -0.05) is 53.0 Å². The molecule has 6 heteroatoms. The Bertz CT molecular complexity index is 340. The molecule has 0 radical (unpaired) electrons. The van der Waals surface area contributed by atoms with Crippen molar-refractivity contribution in [2.45, 2.75) is 3.67 Å². The molecule has 0 saturated heterocycles. The standard InChI is InChI=1S/C7H5Cl3O2S/c8-6-4-2-1-3-5(6)7(9,10)13(11)12/h1-4H,(H,11,12). The Hall–Kier alpha value is 0.200. The molecule has 0 heterocycles. The van der Waals surface area contributed by atoms with Crippen LogP contribution in [0.4, 0.5) is 0 Å². The smallest absolute Gasteiger partial charge is 0.243 e. The Kier molecular flexibility index (Phi) is 3.60. The second-order valence-corrected chi connectivity index (χ2v) is 5.54. The maximum atomic E-state index is 10.8. The van der Waals surface area contributed by atoms with Crippen molar-refractivity contribution in [2.75, 3.05) is 0 Å². The first kappa shape index (κ1) is 11.3. The molecular weight excluding hydrogens is 255 g/mol. The fraction of sp³-hybridized carbons (Fsp3) is 0.143. The lowest BCUT2D eigenvalue weighted by Gasteiger charge is -2.16. The van der Waals surface area contributed by atoms with Gasteiger partial charge in [0.05, 0.1) is 0 Å². The highest BCUT2D eigenvalue weighted by atomic mass is 35.5. The third-order valence-corrected chi connectivity index (χ3v) is 3.59. The second kappa shape index (κ2) is 4.15. The third-order valence-electron chi connectivity index (χ3n) is 1.41. The van der Waals surface area contributed by atoms with Crippen LogP contribution in [-0.2, 0) is 14.7 Å². The van der Waals surface area contributed by atoms with Crippen molar-refractivity contribution in [3.05, 3.63) is 34.9 Å². The second-order valence-electron chi connectivity index (χ2n) is 2.25. The lowest BCUT2D eigenvalue weighted by atomic mass is 10.2. The Balaban J connectivity index is 3.22. The van der Waals surface area contributed by atoms with Crippen molar-refractivity contribution in [3.63, 3.8) is 0 Å². The number of halogens is 3. The van der Waals surface area contributed by atoms with Crippen LogP contribution in [0.3, 0.4) is 0 Å². The fourth-order valence-electron chi connectivity index (χ4n) is 0.791. The predicted molar refractivity (Wildman–Crippen MR) is 55.6 cm³/mol. The summed E-state index contributed by atoms with van der Waals surface area (Å²) in [5.41, 5.74) is 0.223. The average Bonchev–Trinajstić information content (AvgIpc) is 2.04. The van der Waals surface area contributed by atoms with Crippen molar-refractivity contribution >= 4 is 45.9 Å². The number of hydrogen-bond donors (Lipinski definition) is 1. The van der Waals surface area contributed by atoms with Gasteiger partial charge in [-0.05, 0) is 6.07 Å². The van der Waals surface area contributed by atoms with Crippen LogP contribution in [0, 0.1) is 0 Å². The van der Waals surface area contributed by atoms with Crippen molar-refractivity contribution < 1.29 is 8.76 Å². The molecule has 1 aromatic carbocycles. The average molecular weight is 260 g/mol. The van der Waals surface area contributed by atoms with Gasteiger partial charge in [0.25, 0.3) is 0 Å². The summed E-state index contributed by atoms with van der Waals surface area (Å²) >= 11 is 14.6. The van der Waals surface area contributed by atoms with Gasteiger partial charge in [0.1, 0.15) is 0 Å². The van der Waals surface area contributed by atoms with E-state index in [1.807, 2.05) is 0 Å². The van der Waals surface area contributed by atoms with Gasteiger partial charge < -0.3 is 4.55 Å². The zero-order valence-electron chi connectivity index (χ0n) is 6.21. The van der Waals surface area contributed by atoms with Crippen LogP contribution in [0.2, 0.25) is 5.02 Å². The molecule has 1 aromatic rings. The first-order valence-electron chi connectivity index (χ1n) is 3.20. The van der Waals surface area contributed by atoms with Gasteiger partial charge in [-0.25, -0.2) is 4.21 Å². The summed E-state index contributed by atoms with van der Waals surface area (Å²) in [6.45, 7) is 0. The van der Waals surface area contributed by atoms with E-state index in [4.69, 9.17) is 39.4 Å². The first-order valence-corrected chi connectivity index (χ1v) is 5.44. The van der Waals surface area contributed by atoms with Crippen molar-refractivity contribution in [2.24, 2.45) is 0 Å². The van der Waals surface area contributed by atoms with E-state index in [-0.39, 0.29) is 10.6 Å². The van der Waals surface area contributed by atoms with Crippen LogP contribution >= 0.6 is 34.8 Å². The molecular formula is C7H5Cl3O2S. The van der Waals surface area contributed by atoms with Crippen LogP contribution in [-0.4, -0.2) is 8.76 Å². The van der Waals surface area contributed by atoms with Gasteiger partial charge in [-0.2, -0.15) is 0 Å². The summed E-state index contributed by atoms with van der Waals surface area (Å²) in [4.78, 5) is 0. The lowest BCUT2D eigenvalue weighted by Crippen LogP contribution is -2.17. The molecule has 1 atom stereocenters. The summed E-state index contributed by atoms with van der Waals surface area (Å²) in [5, 5.41) is 0.259. The molecule has 1 N–H and O–H groups in total. The Morgan fingerprint density at radius 2 is 1.85 bits per heavy atom.